The number of halogens is 1. The van der Waals surface area contributed by atoms with Gasteiger partial charge in [0, 0.05) is 15.6 Å². The molecule has 1 heterocycles. The number of thiophene rings is 1. The fourth-order valence-corrected chi connectivity index (χ4v) is 3.12. The van der Waals surface area contributed by atoms with Gasteiger partial charge in [0.25, 0.3) is 5.91 Å². The van der Waals surface area contributed by atoms with Crippen LogP contribution in [0.5, 0.6) is 0 Å². The van der Waals surface area contributed by atoms with Crippen molar-refractivity contribution < 1.29 is 9.59 Å². The van der Waals surface area contributed by atoms with Gasteiger partial charge in [-0.3, -0.25) is 9.59 Å². The van der Waals surface area contributed by atoms with Gasteiger partial charge in [0.2, 0.25) is 5.91 Å². The average Bonchev–Trinajstić information content (AvgIpc) is 3.10. The molecule has 4 nitrogen and oxygen atoms in total. The minimum atomic E-state index is -0.297. The van der Waals surface area contributed by atoms with E-state index in [1.165, 1.54) is 11.3 Å². The van der Waals surface area contributed by atoms with Gasteiger partial charge in [-0.05, 0) is 47.8 Å². The Bertz CT molecular complexity index is 877. The summed E-state index contributed by atoms with van der Waals surface area (Å²) in [7, 11) is 0. The van der Waals surface area contributed by atoms with E-state index in [2.05, 4.69) is 10.6 Å². The van der Waals surface area contributed by atoms with E-state index >= 15 is 0 Å². The molecule has 0 fully saturated rings. The van der Waals surface area contributed by atoms with Gasteiger partial charge in [0.15, 0.2) is 0 Å². The van der Waals surface area contributed by atoms with Crippen LogP contribution in [0.25, 0.3) is 0 Å². The normalized spacial score (nSPS) is 10.3. The molecule has 0 saturated heterocycles. The Hall–Kier alpha value is -2.63. The van der Waals surface area contributed by atoms with Crippen LogP contribution in [0, 0.1) is 0 Å². The van der Waals surface area contributed by atoms with E-state index in [0.29, 0.717) is 22.0 Å². The van der Waals surface area contributed by atoms with Crippen LogP contribution in [-0.4, -0.2) is 11.8 Å². The molecule has 0 saturated carbocycles. The van der Waals surface area contributed by atoms with Crippen molar-refractivity contribution in [2.24, 2.45) is 0 Å². The Labute approximate surface area is 154 Å². The Balaban J connectivity index is 1.72. The molecule has 3 aromatic rings. The molecule has 126 valence electrons. The summed E-state index contributed by atoms with van der Waals surface area (Å²) in [6, 6.07) is 17.6. The second kappa shape index (κ2) is 7.96. The molecule has 2 amide bonds. The third-order valence-electron chi connectivity index (χ3n) is 3.46. The summed E-state index contributed by atoms with van der Waals surface area (Å²) in [4.78, 5) is 25.7. The number of hydrogen-bond acceptors (Lipinski definition) is 3. The number of para-hydroxylation sites is 1. The first-order valence-electron chi connectivity index (χ1n) is 7.60. The highest BCUT2D eigenvalue weighted by molar-refractivity contribution is 7.10. The van der Waals surface area contributed by atoms with E-state index in [1.54, 1.807) is 48.5 Å². The van der Waals surface area contributed by atoms with Gasteiger partial charge < -0.3 is 10.6 Å². The topological polar surface area (TPSA) is 58.2 Å². The second-order valence-electron chi connectivity index (χ2n) is 5.31. The molecular weight excluding hydrogens is 356 g/mol. The predicted molar refractivity (Wildman–Crippen MR) is 102 cm³/mol. The number of hydrogen-bond donors (Lipinski definition) is 2. The molecule has 2 N–H and O–H groups in total. The number of carbonyl (C=O) groups is 2. The largest absolute Gasteiger partial charge is 0.325 e. The number of amides is 2. The number of anilines is 2. The SMILES string of the molecule is O=C(Cc1cccs1)Nc1ccccc1C(=O)Nc1ccc(Cl)cc1. The van der Waals surface area contributed by atoms with Gasteiger partial charge >= 0.3 is 0 Å². The summed E-state index contributed by atoms with van der Waals surface area (Å²) in [5, 5.41) is 8.13. The van der Waals surface area contributed by atoms with Crippen molar-refractivity contribution in [3.05, 3.63) is 81.5 Å². The zero-order valence-corrected chi connectivity index (χ0v) is 14.7. The molecule has 0 aliphatic carbocycles. The lowest BCUT2D eigenvalue weighted by atomic mass is 10.1. The van der Waals surface area contributed by atoms with Crippen LogP contribution in [0.15, 0.2) is 66.0 Å². The number of nitrogens with one attached hydrogen (secondary N) is 2. The second-order valence-corrected chi connectivity index (χ2v) is 6.78. The maximum absolute atomic E-state index is 12.5. The van der Waals surface area contributed by atoms with E-state index < -0.39 is 0 Å². The molecule has 0 bridgehead atoms. The zero-order chi connectivity index (χ0) is 17.6. The third kappa shape index (κ3) is 4.68. The Morgan fingerprint density at radius 3 is 2.40 bits per heavy atom. The summed E-state index contributed by atoms with van der Waals surface area (Å²) in [6.07, 6.45) is 0.283. The van der Waals surface area contributed by atoms with Crippen LogP contribution in [0.2, 0.25) is 5.02 Å². The molecule has 0 atom stereocenters. The Morgan fingerprint density at radius 1 is 0.920 bits per heavy atom. The monoisotopic (exact) mass is 370 g/mol. The highest BCUT2D eigenvalue weighted by Gasteiger charge is 2.14. The third-order valence-corrected chi connectivity index (χ3v) is 4.59. The van der Waals surface area contributed by atoms with Crippen molar-refractivity contribution >= 4 is 46.1 Å². The lowest BCUT2D eigenvalue weighted by Crippen LogP contribution is -2.19. The summed E-state index contributed by atoms with van der Waals surface area (Å²) >= 11 is 7.37. The summed E-state index contributed by atoms with van der Waals surface area (Å²) in [5.41, 5.74) is 1.52. The van der Waals surface area contributed by atoms with Gasteiger partial charge in [-0.15, -0.1) is 11.3 Å². The highest BCUT2D eigenvalue weighted by Crippen LogP contribution is 2.19. The maximum atomic E-state index is 12.5. The molecule has 3 rings (SSSR count). The van der Waals surface area contributed by atoms with Crippen LogP contribution in [-0.2, 0) is 11.2 Å². The van der Waals surface area contributed by atoms with Gasteiger partial charge in [-0.25, -0.2) is 0 Å². The van der Waals surface area contributed by atoms with Crippen molar-refractivity contribution in [1.29, 1.82) is 0 Å². The molecule has 0 aliphatic heterocycles. The van der Waals surface area contributed by atoms with Crippen molar-refractivity contribution in [3.8, 4) is 0 Å². The van der Waals surface area contributed by atoms with Crippen LogP contribution < -0.4 is 10.6 Å². The molecular formula is C19H15ClN2O2S. The lowest BCUT2D eigenvalue weighted by Gasteiger charge is -2.11. The fraction of sp³-hybridized carbons (Fsp3) is 0.0526. The Morgan fingerprint density at radius 2 is 1.68 bits per heavy atom. The van der Waals surface area contributed by atoms with Crippen LogP contribution in [0.1, 0.15) is 15.2 Å². The standard InChI is InChI=1S/C19H15ClN2O2S/c20-13-7-9-14(10-8-13)21-19(24)16-5-1-2-6-17(16)22-18(23)12-15-4-3-11-25-15/h1-11H,12H2,(H,21,24)(H,22,23). The minimum Gasteiger partial charge on any atom is -0.325 e. The lowest BCUT2D eigenvalue weighted by molar-refractivity contribution is -0.115. The van der Waals surface area contributed by atoms with Crippen LogP contribution in [0.4, 0.5) is 11.4 Å². The summed E-state index contributed by atoms with van der Waals surface area (Å²) in [6.45, 7) is 0. The van der Waals surface area contributed by atoms with Crippen LogP contribution in [0.3, 0.4) is 0 Å². The zero-order valence-electron chi connectivity index (χ0n) is 13.2. The smallest absolute Gasteiger partial charge is 0.257 e. The average molecular weight is 371 g/mol. The summed E-state index contributed by atoms with van der Waals surface area (Å²) < 4.78 is 0. The molecule has 0 aliphatic rings. The fourth-order valence-electron chi connectivity index (χ4n) is 2.29. The van der Waals surface area contributed by atoms with E-state index in [0.717, 1.165) is 4.88 Å². The van der Waals surface area contributed by atoms with Gasteiger partial charge in [0.05, 0.1) is 17.7 Å². The molecule has 6 heteroatoms. The maximum Gasteiger partial charge on any atom is 0.257 e. The first-order valence-corrected chi connectivity index (χ1v) is 8.86. The Kier molecular flexibility index (Phi) is 5.48. The molecule has 0 unspecified atom stereocenters. The number of carbonyl (C=O) groups excluding carboxylic acids is 2. The molecule has 1 aromatic heterocycles. The van der Waals surface area contributed by atoms with E-state index in [1.807, 2.05) is 17.5 Å². The number of rotatable bonds is 5. The quantitative estimate of drug-likeness (QED) is 0.675. The molecule has 0 radical (unpaired) electrons. The van der Waals surface area contributed by atoms with Gasteiger partial charge in [-0.1, -0.05) is 29.8 Å². The molecule has 0 spiro atoms. The predicted octanol–water partition coefficient (Wildman–Crippen LogP) is 4.84. The molecule has 2 aromatic carbocycles. The highest BCUT2D eigenvalue weighted by atomic mass is 35.5. The summed E-state index contributed by atoms with van der Waals surface area (Å²) in [5.74, 6) is -0.455. The van der Waals surface area contributed by atoms with E-state index in [9.17, 15) is 9.59 Å². The minimum absolute atomic E-state index is 0.158. The van der Waals surface area contributed by atoms with E-state index in [-0.39, 0.29) is 18.2 Å². The first-order chi connectivity index (χ1) is 12.1. The van der Waals surface area contributed by atoms with Crippen molar-refractivity contribution in [3.63, 3.8) is 0 Å². The van der Waals surface area contributed by atoms with Crippen molar-refractivity contribution in [2.75, 3.05) is 10.6 Å². The van der Waals surface area contributed by atoms with Crippen molar-refractivity contribution in [2.45, 2.75) is 6.42 Å². The van der Waals surface area contributed by atoms with Gasteiger partial charge in [0.1, 0.15) is 0 Å². The van der Waals surface area contributed by atoms with Gasteiger partial charge in [-0.2, -0.15) is 0 Å². The first kappa shape index (κ1) is 17.2. The van der Waals surface area contributed by atoms with Crippen molar-refractivity contribution in [1.82, 2.24) is 0 Å². The number of benzene rings is 2. The molecule has 25 heavy (non-hydrogen) atoms. The van der Waals surface area contributed by atoms with E-state index in [4.69, 9.17) is 11.6 Å². The van der Waals surface area contributed by atoms with Crippen LogP contribution >= 0.6 is 22.9 Å².